The van der Waals surface area contributed by atoms with Crippen LogP contribution in [0.2, 0.25) is 0 Å². The van der Waals surface area contributed by atoms with Crippen molar-refractivity contribution in [2.75, 3.05) is 0 Å². The number of hydrogen-bond acceptors (Lipinski definition) is 3. The SMILES string of the molecule is C=CCCCCCC(NN)c1cncc(Br)c1. The quantitative estimate of drug-likeness (QED) is 0.334. The Kier molecular flexibility index (Phi) is 7.08. The molecule has 1 atom stereocenters. The Balaban J connectivity index is 2.40. The molecule has 3 nitrogen and oxygen atoms in total. The van der Waals surface area contributed by atoms with Gasteiger partial charge in [-0.2, -0.15) is 0 Å². The van der Waals surface area contributed by atoms with Crippen LogP contribution in [0, 0.1) is 0 Å². The third-order valence-corrected chi connectivity index (χ3v) is 3.16. The van der Waals surface area contributed by atoms with Gasteiger partial charge in [-0.05, 0) is 46.8 Å². The van der Waals surface area contributed by atoms with E-state index in [9.17, 15) is 0 Å². The molecule has 1 rings (SSSR count). The lowest BCUT2D eigenvalue weighted by molar-refractivity contribution is 0.482. The fourth-order valence-electron chi connectivity index (χ4n) is 1.78. The van der Waals surface area contributed by atoms with Crippen LogP contribution in [-0.4, -0.2) is 4.98 Å². The van der Waals surface area contributed by atoms with Crippen molar-refractivity contribution < 1.29 is 0 Å². The summed E-state index contributed by atoms with van der Waals surface area (Å²) in [4.78, 5) is 4.16. The van der Waals surface area contributed by atoms with Crippen LogP contribution >= 0.6 is 15.9 Å². The number of rotatable bonds is 8. The maximum Gasteiger partial charge on any atom is 0.0475 e. The monoisotopic (exact) mass is 297 g/mol. The molecule has 3 N–H and O–H groups in total. The number of nitrogens with zero attached hydrogens (tertiary/aromatic N) is 1. The van der Waals surface area contributed by atoms with Crippen molar-refractivity contribution in [1.82, 2.24) is 10.4 Å². The van der Waals surface area contributed by atoms with E-state index < -0.39 is 0 Å². The average Bonchev–Trinajstić information content (AvgIpc) is 2.34. The van der Waals surface area contributed by atoms with Crippen molar-refractivity contribution in [3.63, 3.8) is 0 Å². The van der Waals surface area contributed by atoms with Gasteiger partial charge in [-0.25, -0.2) is 0 Å². The van der Waals surface area contributed by atoms with Crippen LogP contribution in [-0.2, 0) is 0 Å². The molecule has 4 heteroatoms. The van der Waals surface area contributed by atoms with Crippen molar-refractivity contribution >= 4 is 15.9 Å². The van der Waals surface area contributed by atoms with Crippen LogP contribution in [0.15, 0.2) is 35.6 Å². The molecular formula is C13H20BrN3. The number of pyridine rings is 1. The molecule has 0 spiro atoms. The van der Waals surface area contributed by atoms with E-state index in [2.05, 4.69) is 39.0 Å². The zero-order chi connectivity index (χ0) is 12.5. The molecule has 1 heterocycles. The van der Waals surface area contributed by atoms with E-state index in [0.29, 0.717) is 0 Å². The second-order valence-electron chi connectivity index (χ2n) is 4.08. The van der Waals surface area contributed by atoms with E-state index in [0.717, 1.165) is 29.3 Å². The largest absolute Gasteiger partial charge is 0.271 e. The molecule has 0 aliphatic heterocycles. The topological polar surface area (TPSA) is 50.9 Å². The van der Waals surface area contributed by atoms with Crippen LogP contribution in [0.1, 0.15) is 43.7 Å². The maximum absolute atomic E-state index is 5.59. The molecule has 0 saturated carbocycles. The Bertz CT molecular complexity index is 341. The molecule has 1 unspecified atom stereocenters. The van der Waals surface area contributed by atoms with Gasteiger partial charge in [-0.1, -0.05) is 18.9 Å². The molecule has 94 valence electrons. The number of hydrazine groups is 1. The summed E-state index contributed by atoms with van der Waals surface area (Å²) < 4.78 is 0.988. The highest BCUT2D eigenvalue weighted by Crippen LogP contribution is 2.21. The molecule has 0 amide bonds. The first kappa shape index (κ1) is 14.4. The summed E-state index contributed by atoms with van der Waals surface area (Å²) in [7, 11) is 0. The van der Waals surface area contributed by atoms with E-state index in [1.165, 1.54) is 12.8 Å². The molecule has 17 heavy (non-hydrogen) atoms. The molecule has 0 aliphatic rings. The third kappa shape index (κ3) is 5.44. The summed E-state index contributed by atoms with van der Waals surface area (Å²) in [5, 5.41) is 0. The van der Waals surface area contributed by atoms with Crippen LogP contribution in [0.5, 0.6) is 0 Å². The molecule has 1 aromatic rings. The molecule has 0 saturated heterocycles. The maximum atomic E-state index is 5.59. The molecule has 1 aromatic heterocycles. The Morgan fingerprint density at radius 2 is 2.24 bits per heavy atom. The highest BCUT2D eigenvalue weighted by atomic mass is 79.9. The second-order valence-corrected chi connectivity index (χ2v) is 5.00. The fourth-order valence-corrected chi connectivity index (χ4v) is 2.16. The van der Waals surface area contributed by atoms with E-state index in [4.69, 9.17) is 5.84 Å². The van der Waals surface area contributed by atoms with Crippen molar-refractivity contribution in [2.45, 2.75) is 38.1 Å². The predicted molar refractivity (Wildman–Crippen MR) is 75.3 cm³/mol. The number of aromatic nitrogens is 1. The second kappa shape index (κ2) is 8.39. The number of halogens is 1. The summed E-state index contributed by atoms with van der Waals surface area (Å²) >= 11 is 3.42. The van der Waals surface area contributed by atoms with Crippen molar-refractivity contribution in [3.05, 3.63) is 41.2 Å². The van der Waals surface area contributed by atoms with Crippen molar-refractivity contribution in [2.24, 2.45) is 5.84 Å². The van der Waals surface area contributed by atoms with Crippen molar-refractivity contribution in [1.29, 1.82) is 0 Å². The van der Waals surface area contributed by atoms with Gasteiger partial charge < -0.3 is 0 Å². The van der Waals surface area contributed by atoms with E-state index in [1.807, 2.05) is 12.3 Å². The van der Waals surface area contributed by atoms with Gasteiger partial charge in [0.1, 0.15) is 0 Å². The van der Waals surface area contributed by atoms with Crippen LogP contribution < -0.4 is 11.3 Å². The lowest BCUT2D eigenvalue weighted by atomic mass is 10.0. The first-order valence-corrected chi connectivity index (χ1v) is 6.74. The fraction of sp³-hybridized carbons (Fsp3) is 0.462. The first-order valence-electron chi connectivity index (χ1n) is 5.95. The number of nitrogens with two attached hydrogens (primary N) is 1. The summed E-state index contributed by atoms with van der Waals surface area (Å²) in [5.41, 5.74) is 3.99. The standard InChI is InChI=1S/C13H20BrN3/c1-2-3-4-5-6-7-13(17-15)11-8-12(14)10-16-9-11/h2,8-10,13,17H,1,3-7,15H2. The molecule has 0 bridgehead atoms. The molecular weight excluding hydrogens is 278 g/mol. The van der Waals surface area contributed by atoms with Gasteiger partial charge in [-0.3, -0.25) is 16.3 Å². The number of hydrogen-bond donors (Lipinski definition) is 2. The molecule has 0 aromatic carbocycles. The van der Waals surface area contributed by atoms with Gasteiger partial charge in [0.25, 0.3) is 0 Å². The molecule has 0 fully saturated rings. The van der Waals surface area contributed by atoms with Crippen LogP contribution in [0.4, 0.5) is 0 Å². The van der Waals surface area contributed by atoms with Gasteiger partial charge in [0.15, 0.2) is 0 Å². The smallest absolute Gasteiger partial charge is 0.0475 e. The lowest BCUT2D eigenvalue weighted by Crippen LogP contribution is -2.28. The van der Waals surface area contributed by atoms with Crippen LogP contribution in [0.25, 0.3) is 0 Å². The summed E-state index contributed by atoms with van der Waals surface area (Å²) in [5.74, 6) is 5.59. The highest BCUT2D eigenvalue weighted by Gasteiger charge is 2.09. The zero-order valence-corrected chi connectivity index (χ0v) is 11.6. The van der Waals surface area contributed by atoms with Gasteiger partial charge in [0.05, 0.1) is 0 Å². The minimum absolute atomic E-state index is 0.184. The number of unbranched alkanes of at least 4 members (excludes halogenated alkanes) is 3. The van der Waals surface area contributed by atoms with E-state index in [1.54, 1.807) is 6.20 Å². The normalized spacial score (nSPS) is 12.4. The summed E-state index contributed by atoms with van der Waals surface area (Å²) in [6.45, 7) is 3.72. The van der Waals surface area contributed by atoms with Crippen LogP contribution in [0.3, 0.4) is 0 Å². The first-order chi connectivity index (χ1) is 8.27. The summed E-state index contributed by atoms with van der Waals surface area (Å²) in [6, 6.07) is 2.24. The predicted octanol–water partition coefficient (Wildman–Crippen LogP) is 3.49. The average molecular weight is 298 g/mol. The van der Waals surface area contributed by atoms with E-state index >= 15 is 0 Å². The van der Waals surface area contributed by atoms with Gasteiger partial charge in [0, 0.05) is 22.9 Å². The minimum Gasteiger partial charge on any atom is -0.271 e. The zero-order valence-electron chi connectivity index (χ0n) is 10.0. The Hall–Kier alpha value is -0.710. The Morgan fingerprint density at radius 3 is 2.88 bits per heavy atom. The Morgan fingerprint density at radius 1 is 1.41 bits per heavy atom. The summed E-state index contributed by atoms with van der Waals surface area (Å²) in [6.07, 6.45) is 11.3. The minimum atomic E-state index is 0.184. The lowest BCUT2D eigenvalue weighted by Gasteiger charge is -2.15. The van der Waals surface area contributed by atoms with Gasteiger partial charge in [0.2, 0.25) is 0 Å². The van der Waals surface area contributed by atoms with Crippen molar-refractivity contribution in [3.8, 4) is 0 Å². The molecule has 0 radical (unpaired) electrons. The number of allylic oxidation sites excluding steroid dienone is 1. The van der Waals surface area contributed by atoms with E-state index in [-0.39, 0.29) is 6.04 Å². The van der Waals surface area contributed by atoms with Gasteiger partial charge >= 0.3 is 0 Å². The van der Waals surface area contributed by atoms with Gasteiger partial charge in [-0.15, -0.1) is 6.58 Å². The highest BCUT2D eigenvalue weighted by molar-refractivity contribution is 9.10. The number of nitrogens with one attached hydrogen (secondary N) is 1. The molecule has 0 aliphatic carbocycles. The Labute approximate surface area is 112 Å². The third-order valence-electron chi connectivity index (χ3n) is 2.73.